The van der Waals surface area contributed by atoms with Crippen molar-refractivity contribution in [1.82, 2.24) is 4.90 Å². The second-order valence-corrected chi connectivity index (χ2v) is 8.79. The van der Waals surface area contributed by atoms with Gasteiger partial charge in [0.15, 0.2) is 17.3 Å². The van der Waals surface area contributed by atoms with Crippen LogP contribution in [0.5, 0.6) is 0 Å². The van der Waals surface area contributed by atoms with Crippen molar-refractivity contribution in [3.8, 4) is 0 Å². The number of benzene rings is 1. The fourth-order valence-corrected chi connectivity index (χ4v) is 4.47. The summed E-state index contributed by atoms with van der Waals surface area (Å²) in [7, 11) is 1.46. The molecule has 0 unspecified atom stereocenters. The predicted molar refractivity (Wildman–Crippen MR) is 102 cm³/mol. The molecule has 2 aliphatic heterocycles. The number of thioether (sulfide) groups is 1. The third kappa shape index (κ3) is 3.41. The van der Waals surface area contributed by atoms with Gasteiger partial charge in [0.2, 0.25) is 0 Å². The third-order valence-corrected chi connectivity index (χ3v) is 6.03. The number of ether oxygens (including phenoxy) is 2. The number of methoxy groups -OCH3 is 1. The molecule has 0 aliphatic carbocycles. The van der Waals surface area contributed by atoms with Crippen molar-refractivity contribution in [3.63, 3.8) is 0 Å². The Hall–Kier alpha value is -2.12. The van der Waals surface area contributed by atoms with Crippen LogP contribution < -0.4 is 0 Å². The quantitative estimate of drug-likeness (QED) is 0.582. The normalized spacial score (nSPS) is 25.0. The Morgan fingerprint density at radius 2 is 1.78 bits per heavy atom. The molecule has 6 nitrogen and oxygen atoms in total. The number of hydrogen-bond acceptors (Lipinski definition) is 6. The van der Waals surface area contributed by atoms with Crippen molar-refractivity contribution in [2.75, 3.05) is 7.11 Å². The van der Waals surface area contributed by atoms with Crippen LogP contribution >= 0.6 is 11.8 Å². The molecule has 3 atom stereocenters. The highest BCUT2D eigenvalue weighted by molar-refractivity contribution is 8.00. The van der Waals surface area contributed by atoms with E-state index in [4.69, 9.17) is 9.47 Å². The van der Waals surface area contributed by atoms with Crippen LogP contribution in [0.15, 0.2) is 41.6 Å². The van der Waals surface area contributed by atoms with Gasteiger partial charge in [0.25, 0.3) is 5.91 Å². The van der Waals surface area contributed by atoms with Crippen LogP contribution in [0.25, 0.3) is 0 Å². The molecule has 0 radical (unpaired) electrons. The molecule has 3 rings (SSSR count). The average Bonchev–Trinajstić information content (AvgIpc) is 2.63. The van der Waals surface area contributed by atoms with Gasteiger partial charge in [-0.15, -0.1) is 0 Å². The smallest absolute Gasteiger partial charge is 0.339 e. The Kier molecular flexibility index (Phi) is 5.18. The fourth-order valence-electron chi connectivity index (χ4n) is 3.05. The van der Waals surface area contributed by atoms with Crippen LogP contribution in [0.1, 0.15) is 38.1 Å². The summed E-state index contributed by atoms with van der Waals surface area (Å²) in [6, 6.07) is 8.68. The van der Waals surface area contributed by atoms with Crippen molar-refractivity contribution < 1.29 is 23.9 Å². The van der Waals surface area contributed by atoms with Crippen molar-refractivity contribution in [1.29, 1.82) is 0 Å². The number of nitrogens with zero attached hydrogens (tertiary/aromatic N) is 1. The van der Waals surface area contributed by atoms with Crippen molar-refractivity contribution in [2.45, 2.75) is 44.6 Å². The van der Waals surface area contributed by atoms with Crippen LogP contribution in [0.4, 0.5) is 0 Å². The van der Waals surface area contributed by atoms with E-state index in [9.17, 15) is 14.4 Å². The van der Waals surface area contributed by atoms with Gasteiger partial charge < -0.3 is 9.47 Å². The van der Waals surface area contributed by atoms with Crippen molar-refractivity contribution >= 4 is 29.4 Å². The zero-order chi connectivity index (χ0) is 19.9. The molecule has 0 bridgehead atoms. The molecule has 1 fully saturated rings. The maximum absolute atomic E-state index is 13.0. The first-order valence-electron chi connectivity index (χ1n) is 8.69. The van der Waals surface area contributed by atoms with Crippen LogP contribution in [-0.2, 0) is 19.1 Å². The summed E-state index contributed by atoms with van der Waals surface area (Å²) in [5, 5.41) is -0.388. The Labute approximate surface area is 162 Å². The molecule has 0 aromatic heterocycles. The van der Waals surface area contributed by atoms with Gasteiger partial charge in [-0.2, -0.15) is 0 Å². The summed E-state index contributed by atoms with van der Waals surface area (Å²) < 4.78 is 11.0. The minimum atomic E-state index is -0.671. The molecule has 1 amide bonds. The molecule has 2 aliphatic rings. The molecule has 0 saturated carbocycles. The van der Waals surface area contributed by atoms with Crippen LogP contribution in [0, 0.1) is 5.41 Å². The van der Waals surface area contributed by atoms with E-state index in [-0.39, 0.29) is 17.1 Å². The molecular weight excluding hydrogens is 366 g/mol. The van der Waals surface area contributed by atoms with E-state index >= 15 is 0 Å². The Morgan fingerprint density at radius 3 is 2.33 bits per heavy atom. The second-order valence-electron chi connectivity index (χ2n) is 7.61. The molecule has 144 valence electrons. The summed E-state index contributed by atoms with van der Waals surface area (Å²) in [5.74, 6) is -0.869. The average molecular weight is 389 g/mol. The summed E-state index contributed by atoms with van der Waals surface area (Å²) >= 11 is 1.31. The minimum absolute atomic E-state index is 0.158. The number of ketones is 1. The molecule has 2 heterocycles. The number of hydrogen-bond donors (Lipinski definition) is 0. The fraction of sp³-hybridized carbons (Fsp3) is 0.450. The Morgan fingerprint density at radius 1 is 1.15 bits per heavy atom. The predicted octanol–water partition coefficient (Wildman–Crippen LogP) is 2.99. The highest BCUT2D eigenvalue weighted by atomic mass is 32.2. The summed E-state index contributed by atoms with van der Waals surface area (Å²) in [6.07, 6.45) is -0.649. The number of amides is 1. The lowest BCUT2D eigenvalue weighted by atomic mass is 9.85. The van der Waals surface area contributed by atoms with Crippen LogP contribution in [-0.4, -0.2) is 46.6 Å². The van der Waals surface area contributed by atoms with E-state index < -0.39 is 22.9 Å². The number of Topliss-reactive ketones (excluding diaryl/α,β-unsaturated/α-hetero) is 1. The summed E-state index contributed by atoms with van der Waals surface area (Å²) in [6.45, 7) is 7.14. The zero-order valence-electron chi connectivity index (χ0n) is 16.0. The number of allylic oxidation sites excluding steroid dienone is 1. The van der Waals surface area contributed by atoms with Gasteiger partial charge in [-0.1, -0.05) is 50.7 Å². The molecule has 1 saturated heterocycles. The lowest BCUT2D eigenvalue weighted by Gasteiger charge is -2.51. The van der Waals surface area contributed by atoms with Gasteiger partial charge in [-0.25, -0.2) is 4.79 Å². The lowest BCUT2D eigenvalue weighted by molar-refractivity contribution is -0.160. The largest absolute Gasteiger partial charge is 0.443 e. The summed E-state index contributed by atoms with van der Waals surface area (Å²) in [4.78, 5) is 39.5. The topological polar surface area (TPSA) is 72.9 Å². The zero-order valence-corrected chi connectivity index (χ0v) is 16.8. The van der Waals surface area contributed by atoms with Gasteiger partial charge in [0.05, 0.1) is 11.3 Å². The van der Waals surface area contributed by atoms with Gasteiger partial charge in [-0.3, -0.25) is 14.5 Å². The Bertz CT molecular complexity index is 811. The SMILES string of the molecule is CO[C@@H]1C(=O)N2C(C(=O)C(C)(C)C)=C(C)[C@H](OC(=O)c3ccccc3)S[C@H]12. The van der Waals surface area contributed by atoms with Gasteiger partial charge in [0.1, 0.15) is 5.37 Å². The first-order valence-corrected chi connectivity index (χ1v) is 9.64. The monoisotopic (exact) mass is 389 g/mol. The van der Waals surface area contributed by atoms with E-state index in [0.29, 0.717) is 16.8 Å². The molecule has 7 heteroatoms. The van der Waals surface area contributed by atoms with Crippen molar-refractivity contribution in [3.05, 3.63) is 47.2 Å². The molecule has 1 aromatic carbocycles. The van der Waals surface area contributed by atoms with Crippen LogP contribution in [0.3, 0.4) is 0 Å². The van der Waals surface area contributed by atoms with Gasteiger partial charge in [0, 0.05) is 18.1 Å². The second kappa shape index (κ2) is 7.13. The van der Waals surface area contributed by atoms with E-state index in [2.05, 4.69) is 0 Å². The standard InChI is InChI=1S/C20H23NO5S/c1-11-13(15(22)20(2,3)4)21-16(23)14(25-5)17(21)27-19(11)26-18(24)12-9-7-6-8-10-12/h6-10,14,17,19H,1-5H3/t14-,17-,19-/m1/s1. The molecular formula is C20H23NO5S. The van der Waals surface area contributed by atoms with Crippen molar-refractivity contribution in [2.24, 2.45) is 5.41 Å². The number of β-lactam (4-membered cyclic amide) rings is 1. The highest BCUT2D eigenvalue weighted by Crippen LogP contribution is 2.47. The molecule has 27 heavy (non-hydrogen) atoms. The number of rotatable bonds is 4. The molecule has 1 aromatic rings. The van der Waals surface area contributed by atoms with E-state index in [1.165, 1.54) is 23.8 Å². The number of fused-ring (bicyclic) bond motifs is 1. The van der Waals surface area contributed by atoms with E-state index in [1.54, 1.807) is 52.0 Å². The van der Waals surface area contributed by atoms with E-state index in [1.807, 2.05) is 6.07 Å². The number of carbonyl (C=O) groups excluding carboxylic acids is 3. The first kappa shape index (κ1) is 19.6. The third-order valence-electron chi connectivity index (χ3n) is 4.60. The maximum atomic E-state index is 13.0. The maximum Gasteiger partial charge on any atom is 0.339 e. The summed E-state index contributed by atoms with van der Waals surface area (Å²) in [5.41, 5.74) is -0.00922. The number of esters is 1. The van der Waals surface area contributed by atoms with Crippen LogP contribution in [0.2, 0.25) is 0 Å². The minimum Gasteiger partial charge on any atom is -0.443 e. The van der Waals surface area contributed by atoms with Gasteiger partial charge >= 0.3 is 5.97 Å². The Balaban J connectivity index is 1.95. The highest BCUT2D eigenvalue weighted by Gasteiger charge is 2.56. The lowest BCUT2D eigenvalue weighted by Crippen LogP contribution is -2.66. The molecule has 0 spiro atoms. The van der Waals surface area contributed by atoms with E-state index in [0.717, 1.165) is 0 Å². The first-order chi connectivity index (χ1) is 12.7. The molecule has 0 N–H and O–H groups in total. The van der Waals surface area contributed by atoms with Gasteiger partial charge in [-0.05, 0) is 19.1 Å². The number of carbonyl (C=O) groups is 3.